The van der Waals surface area contributed by atoms with Gasteiger partial charge in [-0.3, -0.25) is 9.45 Å². The van der Waals surface area contributed by atoms with Crippen LogP contribution in [-0.2, 0) is 16.7 Å². The second-order valence-corrected chi connectivity index (χ2v) is 7.58. The van der Waals surface area contributed by atoms with E-state index in [9.17, 15) is 18.1 Å². The van der Waals surface area contributed by atoms with E-state index in [2.05, 4.69) is 4.90 Å². The van der Waals surface area contributed by atoms with Crippen molar-refractivity contribution in [2.45, 2.75) is 49.2 Å². The fraction of sp³-hybridized carbons (Fsp3) is 0.571. The number of hydrogen-bond donors (Lipinski definition) is 2. The van der Waals surface area contributed by atoms with Crippen LogP contribution in [0.1, 0.15) is 31.2 Å². The lowest BCUT2D eigenvalue weighted by Gasteiger charge is -2.42. The molecule has 0 saturated carbocycles. The summed E-state index contributed by atoms with van der Waals surface area (Å²) in [5.41, 5.74) is 1.18. The van der Waals surface area contributed by atoms with Crippen molar-refractivity contribution in [2.75, 3.05) is 0 Å². The smallest absolute Gasteiger partial charge is 0.295 e. The first-order chi connectivity index (χ1) is 9.39. The maximum atomic E-state index is 11.4. The van der Waals surface area contributed by atoms with Crippen LogP contribution in [0.15, 0.2) is 30.3 Å². The zero-order chi connectivity index (χ0) is 14.4. The van der Waals surface area contributed by atoms with Gasteiger partial charge in [0.05, 0.1) is 0 Å². The van der Waals surface area contributed by atoms with E-state index in [1.807, 2.05) is 30.3 Å². The van der Waals surface area contributed by atoms with Gasteiger partial charge >= 0.3 is 0 Å². The fourth-order valence-corrected chi connectivity index (χ4v) is 4.34. The van der Waals surface area contributed by atoms with Gasteiger partial charge in [0.1, 0.15) is 0 Å². The molecule has 6 heteroatoms. The molecule has 1 aromatic carbocycles. The van der Waals surface area contributed by atoms with E-state index >= 15 is 0 Å². The topological polar surface area (TPSA) is 77.8 Å². The van der Waals surface area contributed by atoms with Crippen LogP contribution < -0.4 is 0 Å². The molecule has 2 N–H and O–H groups in total. The molecule has 2 saturated heterocycles. The van der Waals surface area contributed by atoms with Crippen molar-refractivity contribution in [2.24, 2.45) is 0 Å². The molecule has 5 nitrogen and oxygen atoms in total. The van der Waals surface area contributed by atoms with Gasteiger partial charge in [-0.2, -0.15) is 8.42 Å². The summed E-state index contributed by atoms with van der Waals surface area (Å²) in [6, 6.07) is 10.0. The van der Waals surface area contributed by atoms with Gasteiger partial charge < -0.3 is 5.11 Å². The highest BCUT2D eigenvalue weighted by atomic mass is 32.2. The lowest BCUT2D eigenvalue weighted by Crippen LogP contribution is -2.54. The molecule has 20 heavy (non-hydrogen) atoms. The summed E-state index contributed by atoms with van der Waals surface area (Å²) in [4.78, 5) is 0.293. The number of benzene rings is 1. The molecule has 0 aromatic heterocycles. The Balaban J connectivity index is 1.79. The number of nitrogens with zero attached hydrogens (tertiary/aromatic N) is 1. The second kappa shape index (κ2) is 4.80. The molecule has 3 rings (SSSR count). The third kappa shape index (κ3) is 2.37. The van der Waals surface area contributed by atoms with Gasteiger partial charge in [-0.05, 0) is 18.4 Å². The summed E-state index contributed by atoms with van der Waals surface area (Å²) in [6.07, 6.45) is 1.93. The van der Waals surface area contributed by atoms with E-state index in [0.717, 1.165) is 19.4 Å². The minimum atomic E-state index is -4.42. The highest BCUT2D eigenvalue weighted by Crippen LogP contribution is 2.43. The molecule has 2 heterocycles. The molecular weight excluding hydrogens is 278 g/mol. The summed E-state index contributed by atoms with van der Waals surface area (Å²) in [5, 5.41) is 10.2. The average molecular weight is 297 g/mol. The Kier molecular flexibility index (Phi) is 3.36. The highest BCUT2D eigenvalue weighted by molar-refractivity contribution is 7.87. The quantitative estimate of drug-likeness (QED) is 0.824. The predicted molar refractivity (Wildman–Crippen MR) is 74.5 cm³/mol. The van der Waals surface area contributed by atoms with Crippen molar-refractivity contribution in [3.8, 4) is 0 Å². The normalized spacial score (nSPS) is 34.3. The number of fused-ring (bicyclic) bond motifs is 2. The van der Waals surface area contributed by atoms with E-state index in [4.69, 9.17) is 0 Å². The molecule has 2 fully saturated rings. The summed E-state index contributed by atoms with van der Waals surface area (Å²) >= 11 is 0. The summed E-state index contributed by atoms with van der Waals surface area (Å²) in [5.74, 6) is 0. The van der Waals surface area contributed by atoms with Crippen molar-refractivity contribution < 1.29 is 18.1 Å². The minimum absolute atomic E-state index is 0.0147. The van der Waals surface area contributed by atoms with Crippen molar-refractivity contribution in [1.82, 2.24) is 4.90 Å². The maximum absolute atomic E-state index is 11.4. The molecule has 0 spiro atoms. The first kappa shape index (κ1) is 14.0. The molecule has 2 aliphatic rings. The maximum Gasteiger partial charge on any atom is 0.295 e. The molecule has 110 valence electrons. The van der Waals surface area contributed by atoms with Crippen molar-refractivity contribution in [3.63, 3.8) is 0 Å². The van der Waals surface area contributed by atoms with Crippen LogP contribution in [0.2, 0.25) is 0 Å². The van der Waals surface area contributed by atoms with E-state index in [0.29, 0.717) is 0 Å². The van der Waals surface area contributed by atoms with Gasteiger partial charge in [-0.1, -0.05) is 30.3 Å². The van der Waals surface area contributed by atoms with E-state index < -0.39 is 15.1 Å². The van der Waals surface area contributed by atoms with Crippen molar-refractivity contribution in [3.05, 3.63) is 35.9 Å². The lowest BCUT2D eigenvalue weighted by atomic mass is 9.98. The SMILES string of the molecule is O=S(=O)(O)C1(O)CC2CCC(C1)N2Cc1ccccc1. The molecule has 0 radical (unpaired) electrons. The van der Waals surface area contributed by atoms with E-state index in [1.54, 1.807) is 0 Å². The molecule has 2 aliphatic heterocycles. The van der Waals surface area contributed by atoms with Crippen LogP contribution >= 0.6 is 0 Å². The zero-order valence-corrected chi connectivity index (χ0v) is 12.0. The van der Waals surface area contributed by atoms with Crippen LogP contribution in [0.4, 0.5) is 0 Å². The summed E-state index contributed by atoms with van der Waals surface area (Å²) in [7, 11) is -4.42. The van der Waals surface area contributed by atoms with Crippen LogP contribution in [0, 0.1) is 0 Å². The predicted octanol–water partition coefficient (Wildman–Crippen LogP) is 1.39. The standard InChI is InChI=1S/C14H19NO4S/c16-14(20(17,18)19)8-12-6-7-13(9-14)15(12)10-11-4-2-1-3-5-11/h1-5,12-13,16H,6-10H2,(H,17,18,19). The van der Waals surface area contributed by atoms with Gasteiger partial charge in [0.15, 0.2) is 4.93 Å². The second-order valence-electron chi connectivity index (χ2n) is 5.87. The number of rotatable bonds is 3. The molecule has 2 atom stereocenters. The monoisotopic (exact) mass is 297 g/mol. The summed E-state index contributed by atoms with van der Waals surface area (Å²) < 4.78 is 32.0. The van der Waals surface area contributed by atoms with Gasteiger partial charge in [-0.25, -0.2) is 0 Å². The minimum Gasteiger partial charge on any atom is -0.372 e. The number of hydrogen-bond acceptors (Lipinski definition) is 4. The first-order valence-corrected chi connectivity index (χ1v) is 8.32. The Hall–Kier alpha value is -0.950. The Labute approximate surface area is 119 Å². The van der Waals surface area contributed by atoms with Crippen LogP contribution in [0.25, 0.3) is 0 Å². The Morgan fingerprint density at radius 2 is 1.70 bits per heavy atom. The summed E-state index contributed by atoms with van der Waals surface area (Å²) in [6.45, 7) is 0.762. The molecule has 0 aliphatic carbocycles. The van der Waals surface area contributed by atoms with Crippen molar-refractivity contribution >= 4 is 10.1 Å². The highest BCUT2D eigenvalue weighted by Gasteiger charge is 2.53. The average Bonchev–Trinajstić information content (AvgIpc) is 2.63. The first-order valence-electron chi connectivity index (χ1n) is 6.88. The van der Waals surface area contributed by atoms with Crippen LogP contribution in [-0.4, -0.2) is 40.0 Å². The van der Waals surface area contributed by atoms with E-state index in [1.165, 1.54) is 5.56 Å². The molecule has 2 unspecified atom stereocenters. The largest absolute Gasteiger partial charge is 0.372 e. The Bertz CT molecular complexity index is 572. The van der Waals surface area contributed by atoms with Crippen LogP contribution in [0.5, 0.6) is 0 Å². The van der Waals surface area contributed by atoms with Gasteiger partial charge in [-0.15, -0.1) is 0 Å². The van der Waals surface area contributed by atoms with Gasteiger partial charge in [0.25, 0.3) is 10.1 Å². The number of aliphatic hydroxyl groups is 1. The number of piperidine rings is 1. The molecule has 2 bridgehead atoms. The molecule has 0 amide bonds. The van der Waals surface area contributed by atoms with Gasteiger partial charge in [0, 0.05) is 31.5 Å². The van der Waals surface area contributed by atoms with Gasteiger partial charge in [0.2, 0.25) is 0 Å². The third-order valence-electron chi connectivity index (χ3n) is 4.57. The van der Waals surface area contributed by atoms with Crippen LogP contribution in [0.3, 0.4) is 0 Å². The van der Waals surface area contributed by atoms with Crippen molar-refractivity contribution in [1.29, 1.82) is 0 Å². The third-order valence-corrected chi connectivity index (χ3v) is 5.86. The lowest BCUT2D eigenvalue weighted by molar-refractivity contribution is -0.00337. The van der Waals surface area contributed by atoms with E-state index in [-0.39, 0.29) is 24.9 Å². The molecular formula is C14H19NO4S. The Morgan fingerprint density at radius 1 is 1.15 bits per heavy atom. The fourth-order valence-electron chi connectivity index (χ4n) is 3.54. The zero-order valence-electron chi connectivity index (χ0n) is 11.1. The molecule has 1 aromatic rings. The Morgan fingerprint density at radius 3 is 2.20 bits per heavy atom.